The first kappa shape index (κ1) is 31.2. The molecule has 40 heavy (non-hydrogen) atoms. The fraction of sp³-hybridized carbons (Fsp3) is 0.481. The van der Waals surface area contributed by atoms with Gasteiger partial charge in [-0.25, -0.2) is 13.2 Å². The molecule has 2 aliphatic heterocycles. The predicted octanol–water partition coefficient (Wildman–Crippen LogP) is 4.16. The number of aryl methyl sites for hydroxylation is 2. The van der Waals surface area contributed by atoms with Gasteiger partial charge in [-0.05, 0) is 62.1 Å². The number of anilines is 2. The Labute approximate surface area is 232 Å². The number of nitrogens with zero attached hydrogens (tertiary/aromatic N) is 2. The summed E-state index contributed by atoms with van der Waals surface area (Å²) < 4.78 is 60.8. The van der Waals surface area contributed by atoms with Gasteiger partial charge in [0, 0.05) is 50.6 Å². The van der Waals surface area contributed by atoms with Crippen LogP contribution in [0.15, 0.2) is 41.3 Å². The molecule has 4 rings (SSSR count). The van der Waals surface area contributed by atoms with E-state index in [0.29, 0.717) is 16.8 Å². The van der Waals surface area contributed by atoms with E-state index in [1.165, 1.54) is 0 Å². The zero-order valence-corrected chi connectivity index (χ0v) is 23.4. The second kappa shape index (κ2) is 13.4. The van der Waals surface area contributed by atoms with E-state index in [-0.39, 0.29) is 10.8 Å². The van der Waals surface area contributed by atoms with E-state index in [2.05, 4.69) is 14.9 Å². The van der Waals surface area contributed by atoms with Crippen molar-refractivity contribution in [2.45, 2.75) is 50.6 Å². The number of carbonyl (C=O) groups excluding carboxylic acids is 1. The normalized spacial score (nSPS) is 16.4. The Hall–Kier alpha value is -3.32. The molecule has 220 valence electrons. The fourth-order valence-electron chi connectivity index (χ4n) is 4.60. The van der Waals surface area contributed by atoms with E-state index >= 15 is 0 Å². The number of benzene rings is 2. The van der Waals surface area contributed by atoms with Crippen molar-refractivity contribution in [3.8, 4) is 0 Å². The number of carbonyl (C=O) groups is 2. The molecule has 2 fully saturated rings. The van der Waals surface area contributed by atoms with Crippen molar-refractivity contribution in [1.29, 1.82) is 0 Å². The summed E-state index contributed by atoms with van der Waals surface area (Å²) in [5.41, 5.74) is 3.42. The van der Waals surface area contributed by atoms with Crippen molar-refractivity contribution in [3.63, 3.8) is 0 Å². The van der Waals surface area contributed by atoms with Crippen LogP contribution >= 0.6 is 0 Å². The number of carboxylic acid groups (broad SMARTS) is 1. The smallest absolute Gasteiger partial charge is 0.475 e. The number of alkyl halides is 3. The standard InChI is InChI=1S/C25H34N4O3S.C2HF3O2/c1-19-7-8-20(2)24(17-19)33(31,32)27-21-9-10-23(28-15-11-26-12-16-28)22(18-21)25(30)29-13-5-3-4-6-14-29;3-2(4,5)1(6)7/h7-10,17-18,26-27H,3-6,11-16H2,1-2H3;(H,6,7). The van der Waals surface area contributed by atoms with Crippen molar-refractivity contribution in [3.05, 3.63) is 53.1 Å². The maximum atomic E-state index is 13.6. The van der Waals surface area contributed by atoms with Crippen LogP contribution in [0.25, 0.3) is 0 Å². The molecule has 2 aromatic carbocycles. The van der Waals surface area contributed by atoms with Gasteiger partial charge in [-0.15, -0.1) is 0 Å². The highest BCUT2D eigenvalue weighted by Crippen LogP contribution is 2.29. The van der Waals surface area contributed by atoms with Crippen LogP contribution in [0, 0.1) is 13.8 Å². The number of halogens is 3. The van der Waals surface area contributed by atoms with Gasteiger partial charge in [0.15, 0.2) is 0 Å². The number of piperazine rings is 1. The Bertz CT molecular complexity index is 1300. The average Bonchev–Trinajstić information content (AvgIpc) is 3.19. The molecule has 2 saturated heterocycles. The van der Waals surface area contributed by atoms with E-state index in [4.69, 9.17) is 9.90 Å². The molecular weight excluding hydrogens is 549 g/mol. The van der Waals surface area contributed by atoms with Crippen LogP contribution in [0.5, 0.6) is 0 Å². The highest BCUT2D eigenvalue weighted by atomic mass is 32.2. The van der Waals surface area contributed by atoms with Crippen LogP contribution in [0.3, 0.4) is 0 Å². The number of hydrogen-bond acceptors (Lipinski definition) is 6. The van der Waals surface area contributed by atoms with Gasteiger partial charge in [0.2, 0.25) is 0 Å². The minimum atomic E-state index is -5.08. The molecule has 9 nitrogen and oxygen atoms in total. The summed E-state index contributed by atoms with van der Waals surface area (Å²) in [6.07, 6.45) is -0.782. The highest BCUT2D eigenvalue weighted by Gasteiger charge is 2.38. The number of hydrogen-bond donors (Lipinski definition) is 3. The van der Waals surface area contributed by atoms with Crippen LogP contribution in [0.1, 0.15) is 47.2 Å². The third-order valence-electron chi connectivity index (χ3n) is 6.71. The van der Waals surface area contributed by atoms with Crippen LogP contribution < -0.4 is 14.9 Å². The number of nitrogens with one attached hydrogen (secondary N) is 2. The fourth-order valence-corrected chi connectivity index (χ4v) is 5.98. The molecule has 2 aliphatic rings. The minimum absolute atomic E-state index is 0.0155. The Balaban J connectivity index is 0.000000559. The third kappa shape index (κ3) is 8.34. The number of sulfonamides is 1. The van der Waals surface area contributed by atoms with E-state index in [9.17, 15) is 26.4 Å². The summed E-state index contributed by atoms with van der Waals surface area (Å²) in [7, 11) is -3.78. The van der Waals surface area contributed by atoms with Crippen molar-refractivity contribution in [1.82, 2.24) is 10.2 Å². The molecule has 0 aliphatic carbocycles. The summed E-state index contributed by atoms with van der Waals surface area (Å²) in [5, 5.41) is 10.5. The van der Waals surface area contributed by atoms with Crippen LogP contribution in [0.4, 0.5) is 24.5 Å². The van der Waals surface area contributed by atoms with E-state index in [1.807, 2.05) is 30.0 Å². The van der Waals surface area contributed by atoms with Gasteiger partial charge in [-0.3, -0.25) is 9.52 Å². The molecule has 2 aromatic rings. The van der Waals surface area contributed by atoms with E-state index in [0.717, 1.165) is 76.2 Å². The van der Waals surface area contributed by atoms with Gasteiger partial charge in [0.25, 0.3) is 15.9 Å². The van der Waals surface area contributed by atoms with E-state index in [1.54, 1.807) is 25.1 Å². The lowest BCUT2D eigenvalue weighted by atomic mass is 10.1. The monoisotopic (exact) mass is 584 g/mol. The van der Waals surface area contributed by atoms with Gasteiger partial charge >= 0.3 is 12.1 Å². The second-order valence-corrected chi connectivity index (χ2v) is 11.5. The summed E-state index contributed by atoms with van der Waals surface area (Å²) in [5.74, 6) is -2.77. The van der Waals surface area contributed by atoms with Gasteiger partial charge in [-0.2, -0.15) is 13.2 Å². The zero-order chi connectivity index (χ0) is 29.5. The number of likely N-dealkylation sites (tertiary alicyclic amines) is 1. The number of carboxylic acids is 1. The molecule has 2 heterocycles. The molecule has 0 bridgehead atoms. The van der Waals surface area contributed by atoms with Gasteiger partial charge < -0.3 is 20.2 Å². The molecular formula is C27H35F3N4O5S. The predicted molar refractivity (Wildman–Crippen MR) is 146 cm³/mol. The molecule has 3 N–H and O–H groups in total. The number of aliphatic carboxylic acids is 1. The molecule has 0 saturated carbocycles. The van der Waals surface area contributed by atoms with Gasteiger partial charge in [-0.1, -0.05) is 25.0 Å². The summed E-state index contributed by atoms with van der Waals surface area (Å²) in [4.78, 5) is 26.9. The Kier molecular flexibility index (Phi) is 10.4. The first-order chi connectivity index (χ1) is 18.8. The first-order valence-electron chi connectivity index (χ1n) is 13.1. The lowest BCUT2D eigenvalue weighted by Crippen LogP contribution is -2.44. The van der Waals surface area contributed by atoms with Crippen molar-refractivity contribution >= 4 is 33.3 Å². The second-order valence-electron chi connectivity index (χ2n) is 9.85. The molecule has 0 aromatic heterocycles. The summed E-state index contributed by atoms with van der Waals surface area (Å²) in [6, 6.07) is 10.8. The zero-order valence-electron chi connectivity index (χ0n) is 22.6. The summed E-state index contributed by atoms with van der Waals surface area (Å²) >= 11 is 0. The molecule has 1 amide bonds. The molecule has 0 spiro atoms. The molecule has 0 unspecified atom stereocenters. The third-order valence-corrected chi connectivity index (χ3v) is 8.23. The minimum Gasteiger partial charge on any atom is -0.475 e. The van der Waals surface area contributed by atoms with Crippen LogP contribution in [-0.4, -0.2) is 75.7 Å². The Morgan fingerprint density at radius 2 is 1.52 bits per heavy atom. The van der Waals surface area contributed by atoms with Gasteiger partial charge in [0.1, 0.15) is 0 Å². The quantitative estimate of drug-likeness (QED) is 0.483. The number of amides is 1. The van der Waals surface area contributed by atoms with Crippen molar-refractivity contribution in [2.75, 3.05) is 48.9 Å². The largest absolute Gasteiger partial charge is 0.490 e. The first-order valence-corrected chi connectivity index (χ1v) is 14.6. The lowest BCUT2D eigenvalue weighted by Gasteiger charge is -2.32. The molecule has 0 radical (unpaired) electrons. The maximum absolute atomic E-state index is 13.6. The lowest BCUT2D eigenvalue weighted by molar-refractivity contribution is -0.192. The highest BCUT2D eigenvalue weighted by molar-refractivity contribution is 7.92. The topological polar surface area (TPSA) is 119 Å². The molecule has 0 atom stereocenters. The van der Waals surface area contributed by atoms with Crippen molar-refractivity contribution < 1.29 is 36.3 Å². The van der Waals surface area contributed by atoms with Crippen LogP contribution in [-0.2, 0) is 14.8 Å². The van der Waals surface area contributed by atoms with E-state index < -0.39 is 22.2 Å². The average molecular weight is 585 g/mol. The van der Waals surface area contributed by atoms with Crippen molar-refractivity contribution in [2.24, 2.45) is 0 Å². The SMILES string of the molecule is Cc1ccc(C)c(S(=O)(=O)Nc2ccc(N3CCNCC3)c(C(=O)N3CCCCCC3)c2)c1.O=C(O)C(F)(F)F. The Morgan fingerprint density at radius 1 is 0.925 bits per heavy atom. The van der Waals surface area contributed by atoms with Crippen LogP contribution in [0.2, 0.25) is 0 Å². The molecule has 13 heteroatoms. The van der Waals surface area contributed by atoms with Gasteiger partial charge in [0.05, 0.1) is 10.5 Å². The maximum Gasteiger partial charge on any atom is 0.490 e. The number of rotatable bonds is 5. The Morgan fingerprint density at radius 3 is 2.10 bits per heavy atom. The summed E-state index contributed by atoms with van der Waals surface area (Å²) in [6.45, 7) is 8.50.